The van der Waals surface area contributed by atoms with E-state index in [0.29, 0.717) is 6.42 Å². The molecule has 0 aromatic heterocycles. The van der Waals surface area contributed by atoms with E-state index >= 15 is 0 Å². The zero-order valence-corrected chi connectivity index (χ0v) is 10.9. The van der Waals surface area contributed by atoms with Crippen molar-refractivity contribution < 1.29 is 4.79 Å². The molecule has 1 unspecified atom stereocenters. The molecule has 1 aromatic rings. The van der Waals surface area contributed by atoms with E-state index in [9.17, 15) is 4.79 Å². The number of amides is 1. The maximum Gasteiger partial charge on any atom is 0.228 e. The Bertz CT molecular complexity index is 499. The van der Waals surface area contributed by atoms with Crippen LogP contribution in [-0.2, 0) is 4.79 Å². The molecule has 1 heterocycles. The molecule has 0 fully saturated rings. The number of nitrogens with zero attached hydrogens (tertiary/aromatic N) is 1. The highest BCUT2D eigenvalue weighted by atomic mass is 16.2. The van der Waals surface area contributed by atoms with Gasteiger partial charge in [-0.25, -0.2) is 0 Å². The molecule has 94 valence electrons. The fraction of sp³-hybridized carbons (Fsp3) is 0.400. The summed E-state index contributed by atoms with van der Waals surface area (Å²) < 4.78 is 0. The van der Waals surface area contributed by atoms with Gasteiger partial charge in [0.05, 0.1) is 0 Å². The van der Waals surface area contributed by atoms with Crippen LogP contribution in [0.3, 0.4) is 0 Å². The van der Waals surface area contributed by atoms with Crippen LogP contribution < -0.4 is 10.2 Å². The number of carbonyl (C=O) groups excluding carboxylic acids is 1. The SMILES string of the molecule is CC#CCCNC1CC(=O)N(C)c2ccccc21. The molecule has 1 amide bonds. The zero-order chi connectivity index (χ0) is 13.0. The monoisotopic (exact) mass is 242 g/mol. The maximum atomic E-state index is 11.9. The number of para-hydroxylation sites is 1. The van der Waals surface area contributed by atoms with Crippen LogP contribution in [0.1, 0.15) is 31.4 Å². The number of fused-ring (bicyclic) bond motifs is 1. The molecule has 0 radical (unpaired) electrons. The third-order valence-corrected chi connectivity index (χ3v) is 3.24. The van der Waals surface area contributed by atoms with Crippen LogP contribution in [0.15, 0.2) is 24.3 Å². The van der Waals surface area contributed by atoms with Crippen LogP contribution in [0.5, 0.6) is 0 Å². The van der Waals surface area contributed by atoms with Gasteiger partial charge in [-0.2, -0.15) is 0 Å². The van der Waals surface area contributed by atoms with E-state index in [1.807, 2.05) is 32.2 Å². The van der Waals surface area contributed by atoms with Gasteiger partial charge in [0.1, 0.15) is 0 Å². The largest absolute Gasteiger partial charge is 0.315 e. The highest BCUT2D eigenvalue weighted by Gasteiger charge is 2.27. The minimum Gasteiger partial charge on any atom is -0.315 e. The van der Waals surface area contributed by atoms with Crippen molar-refractivity contribution >= 4 is 11.6 Å². The third kappa shape index (κ3) is 2.55. The lowest BCUT2D eigenvalue weighted by Crippen LogP contribution is -2.38. The molecular weight excluding hydrogens is 224 g/mol. The molecule has 1 aliphatic rings. The van der Waals surface area contributed by atoms with E-state index in [-0.39, 0.29) is 11.9 Å². The molecule has 0 spiro atoms. The third-order valence-electron chi connectivity index (χ3n) is 3.24. The maximum absolute atomic E-state index is 11.9. The number of rotatable bonds is 3. The molecule has 3 heteroatoms. The summed E-state index contributed by atoms with van der Waals surface area (Å²) in [6.45, 7) is 2.66. The Morgan fingerprint density at radius 2 is 2.22 bits per heavy atom. The number of anilines is 1. The van der Waals surface area contributed by atoms with Gasteiger partial charge in [0.25, 0.3) is 0 Å². The predicted molar refractivity (Wildman–Crippen MR) is 73.3 cm³/mol. The number of hydrogen-bond acceptors (Lipinski definition) is 2. The van der Waals surface area contributed by atoms with E-state index in [4.69, 9.17) is 0 Å². The first kappa shape index (κ1) is 12.7. The van der Waals surface area contributed by atoms with Gasteiger partial charge in [-0.3, -0.25) is 4.79 Å². The summed E-state index contributed by atoms with van der Waals surface area (Å²) in [5.74, 6) is 6.06. The molecule has 18 heavy (non-hydrogen) atoms. The van der Waals surface area contributed by atoms with Crippen LogP contribution in [0.4, 0.5) is 5.69 Å². The lowest BCUT2D eigenvalue weighted by molar-refractivity contribution is -0.119. The van der Waals surface area contributed by atoms with Crippen molar-refractivity contribution in [2.45, 2.75) is 25.8 Å². The topological polar surface area (TPSA) is 32.3 Å². The summed E-state index contributed by atoms with van der Waals surface area (Å²) in [6, 6.07) is 8.17. The Balaban J connectivity index is 2.14. The smallest absolute Gasteiger partial charge is 0.228 e. The quantitative estimate of drug-likeness (QED) is 0.650. The van der Waals surface area contributed by atoms with Crippen LogP contribution in [0, 0.1) is 11.8 Å². The molecule has 2 rings (SSSR count). The van der Waals surface area contributed by atoms with Gasteiger partial charge < -0.3 is 10.2 Å². The molecule has 1 atom stereocenters. The summed E-state index contributed by atoms with van der Waals surface area (Å²) in [5, 5.41) is 3.41. The molecule has 1 aromatic carbocycles. The zero-order valence-electron chi connectivity index (χ0n) is 10.9. The molecule has 3 nitrogen and oxygen atoms in total. The van der Waals surface area contributed by atoms with Crippen LogP contribution in [-0.4, -0.2) is 19.5 Å². The van der Waals surface area contributed by atoms with Crippen LogP contribution in [0.25, 0.3) is 0 Å². The fourth-order valence-corrected chi connectivity index (χ4v) is 2.26. The number of carbonyl (C=O) groups is 1. The number of nitrogens with one attached hydrogen (secondary N) is 1. The normalized spacial score (nSPS) is 18.0. The summed E-state index contributed by atoms with van der Waals surface area (Å²) in [6.07, 6.45) is 1.34. The van der Waals surface area contributed by atoms with Gasteiger partial charge in [0, 0.05) is 38.2 Å². The first-order valence-corrected chi connectivity index (χ1v) is 6.22. The van der Waals surface area contributed by atoms with Gasteiger partial charge in [-0.1, -0.05) is 18.2 Å². The van der Waals surface area contributed by atoms with Crippen molar-refractivity contribution in [1.29, 1.82) is 0 Å². The Morgan fingerprint density at radius 3 is 3.00 bits per heavy atom. The summed E-state index contributed by atoms with van der Waals surface area (Å²) in [7, 11) is 1.83. The fourth-order valence-electron chi connectivity index (χ4n) is 2.26. The van der Waals surface area contributed by atoms with Gasteiger partial charge >= 0.3 is 0 Å². The summed E-state index contributed by atoms with van der Waals surface area (Å²) in [4.78, 5) is 13.6. The van der Waals surface area contributed by atoms with Gasteiger partial charge in [0.15, 0.2) is 0 Å². The van der Waals surface area contributed by atoms with Crippen molar-refractivity contribution in [1.82, 2.24) is 5.32 Å². The second-order valence-electron chi connectivity index (χ2n) is 4.40. The number of hydrogen-bond donors (Lipinski definition) is 1. The highest BCUT2D eigenvalue weighted by Crippen LogP contribution is 2.33. The summed E-state index contributed by atoms with van der Waals surface area (Å²) >= 11 is 0. The molecule has 0 saturated carbocycles. The van der Waals surface area contributed by atoms with Gasteiger partial charge in [-0.15, -0.1) is 11.8 Å². The average Bonchev–Trinajstić information content (AvgIpc) is 2.40. The van der Waals surface area contributed by atoms with Crippen molar-refractivity contribution in [3.05, 3.63) is 29.8 Å². The predicted octanol–water partition coefficient (Wildman–Crippen LogP) is 2.10. The van der Waals surface area contributed by atoms with Gasteiger partial charge in [-0.05, 0) is 18.6 Å². The minimum atomic E-state index is 0.114. The van der Waals surface area contributed by atoms with Crippen molar-refractivity contribution in [3.63, 3.8) is 0 Å². The second-order valence-corrected chi connectivity index (χ2v) is 4.40. The first-order chi connectivity index (χ1) is 8.74. The van der Waals surface area contributed by atoms with E-state index in [1.165, 1.54) is 5.56 Å². The molecule has 0 aliphatic carbocycles. The standard InChI is InChI=1S/C15H18N2O/c1-3-4-7-10-16-13-11-15(18)17(2)14-9-6-5-8-12(13)14/h5-6,8-9,13,16H,7,10-11H2,1-2H3. The van der Waals surface area contributed by atoms with E-state index < -0.39 is 0 Å². The Kier molecular flexibility index (Phi) is 4.01. The van der Waals surface area contributed by atoms with E-state index in [1.54, 1.807) is 4.90 Å². The summed E-state index contributed by atoms with van der Waals surface area (Å²) in [5.41, 5.74) is 2.21. The Labute approximate surface area is 108 Å². The van der Waals surface area contributed by atoms with E-state index in [0.717, 1.165) is 18.7 Å². The lowest BCUT2D eigenvalue weighted by Gasteiger charge is -2.32. The Morgan fingerprint density at radius 1 is 1.44 bits per heavy atom. The van der Waals surface area contributed by atoms with Crippen molar-refractivity contribution in [3.8, 4) is 11.8 Å². The first-order valence-electron chi connectivity index (χ1n) is 6.22. The number of benzene rings is 1. The van der Waals surface area contributed by atoms with Gasteiger partial charge in [0.2, 0.25) is 5.91 Å². The second kappa shape index (κ2) is 5.70. The average molecular weight is 242 g/mol. The minimum absolute atomic E-state index is 0.114. The molecular formula is C15H18N2O. The van der Waals surface area contributed by atoms with Crippen LogP contribution in [0.2, 0.25) is 0 Å². The molecule has 0 saturated heterocycles. The molecule has 0 bridgehead atoms. The van der Waals surface area contributed by atoms with E-state index in [2.05, 4.69) is 23.2 Å². The molecule has 1 N–H and O–H groups in total. The lowest BCUT2D eigenvalue weighted by atomic mass is 9.96. The highest BCUT2D eigenvalue weighted by molar-refractivity contribution is 5.96. The Hall–Kier alpha value is -1.79. The molecule has 1 aliphatic heterocycles. The van der Waals surface area contributed by atoms with Crippen molar-refractivity contribution in [2.24, 2.45) is 0 Å². The van der Waals surface area contributed by atoms with Crippen molar-refractivity contribution in [2.75, 3.05) is 18.5 Å². The van der Waals surface area contributed by atoms with Crippen LogP contribution >= 0.6 is 0 Å².